The third kappa shape index (κ3) is 1.39. The van der Waals surface area contributed by atoms with E-state index in [-0.39, 0.29) is 0 Å². The van der Waals surface area contributed by atoms with Crippen LogP contribution in [0.1, 0.15) is 12.5 Å². The fourth-order valence-electron chi connectivity index (χ4n) is 0.891. The van der Waals surface area contributed by atoms with Crippen LogP contribution in [0.3, 0.4) is 0 Å². The van der Waals surface area contributed by atoms with E-state index < -0.39 is 0 Å². The van der Waals surface area contributed by atoms with Gasteiger partial charge in [0.05, 0.1) is 10.2 Å². The molecule has 0 aliphatic heterocycles. The number of hydrogen-bond donors (Lipinski definition) is 0. The van der Waals surface area contributed by atoms with E-state index in [1.165, 1.54) is 10.9 Å². The van der Waals surface area contributed by atoms with Gasteiger partial charge in [-0.05, 0) is 18.1 Å². The minimum absolute atomic E-state index is 1.07. The number of rotatable bonds is 1. The molecule has 0 saturated carbocycles. The van der Waals surface area contributed by atoms with E-state index in [0.717, 1.165) is 16.7 Å². The summed E-state index contributed by atoms with van der Waals surface area (Å²) in [6.07, 6.45) is 2.98. The zero-order valence-electron chi connectivity index (χ0n) is 5.89. The molecule has 1 nitrogen and oxygen atoms in total. The van der Waals surface area contributed by atoms with Crippen molar-refractivity contribution in [3.05, 3.63) is 23.9 Å². The highest BCUT2D eigenvalue weighted by Crippen LogP contribution is 1.90. The summed E-state index contributed by atoms with van der Waals surface area (Å²) < 4.78 is 0. The maximum Gasteiger partial charge on any atom is 0.0626 e. The van der Waals surface area contributed by atoms with Crippen molar-refractivity contribution in [2.75, 3.05) is 0 Å². The summed E-state index contributed by atoms with van der Waals surface area (Å²) >= 11 is 0. The second-order valence-corrected chi connectivity index (χ2v) is 3.05. The molecule has 0 aliphatic rings. The molecule has 1 heterocycles. The lowest BCUT2D eigenvalue weighted by molar-refractivity contribution is 1.13. The molecule has 0 amide bonds. The van der Waals surface area contributed by atoms with Crippen LogP contribution < -0.4 is 5.32 Å². The maximum absolute atomic E-state index is 4.21. The summed E-state index contributed by atoms with van der Waals surface area (Å²) in [5.41, 5.74) is 1.41. The van der Waals surface area contributed by atoms with Crippen molar-refractivity contribution >= 4 is 15.6 Å². The lowest BCUT2D eigenvalue weighted by atomic mass is 10.2. The van der Waals surface area contributed by atoms with Crippen molar-refractivity contribution in [1.82, 2.24) is 4.98 Å². The molecule has 48 valence electrons. The van der Waals surface area contributed by atoms with Gasteiger partial charge in [-0.25, -0.2) is 0 Å². The van der Waals surface area contributed by atoms with Gasteiger partial charge in [0.1, 0.15) is 0 Å². The highest BCUT2D eigenvalue weighted by molar-refractivity contribution is 6.31. The molecule has 1 rings (SSSR count). The van der Waals surface area contributed by atoms with Crippen LogP contribution in [0.5, 0.6) is 0 Å². The van der Waals surface area contributed by atoms with Gasteiger partial charge in [0.25, 0.3) is 0 Å². The van der Waals surface area contributed by atoms with E-state index in [9.17, 15) is 0 Å². The monoisotopic (exact) mass is 137 g/mol. The summed E-state index contributed by atoms with van der Waals surface area (Å²) in [7, 11) is 1.07. The quantitative estimate of drug-likeness (QED) is 0.482. The highest BCUT2D eigenvalue weighted by Gasteiger charge is 1.90. The Labute approximate surface area is 58.6 Å². The molecule has 0 radical (unpaired) electrons. The summed E-state index contributed by atoms with van der Waals surface area (Å²) in [6, 6.07) is 4.15. The van der Waals surface area contributed by atoms with Gasteiger partial charge in [0.2, 0.25) is 0 Å². The van der Waals surface area contributed by atoms with Crippen LogP contribution in [0.2, 0.25) is 0 Å². The van der Waals surface area contributed by atoms with Crippen molar-refractivity contribution in [3.8, 4) is 0 Å². The number of pyridine rings is 1. The van der Waals surface area contributed by atoms with Crippen LogP contribution in [0.25, 0.3) is 0 Å². The SMILES string of the molecule is CCc1cccnc1[SiH3]. The van der Waals surface area contributed by atoms with E-state index in [1.807, 2.05) is 12.3 Å². The standard InChI is InChI=1S/C7H11NSi/c1-2-6-4-3-5-8-7(6)9/h3-5H,2H2,1,9H3. The molecule has 9 heavy (non-hydrogen) atoms. The largest absolute Gasteiger partial charge is 0.267 e. The van der Waals surface area contributed by atoms with Crippen LogP contribution in [0.4, 0.5) is 0 Å². The average molecular weight is 137 g/mol. The minimum atomic E-state index is 1.07. The zero-order chi connectivity index (χ0) is 6.69. The number of hydrogen-bond acceptors (Lipinski definition) is 1. The van der Waals surface area contributed by atoms with Gasteiger partial charge in [0.15, 0.2) is 0 Å². The van der Waals surface area contributed by atoms with Crippen LogP contribution >= 0.6 is 0 Å². The van der Waals surface area contributed by atoms with E-state index in [4.69, 9.17) is 0 Å². The second-order valence-electron chi connectivity index (χ2n) is 2.10. The first-order valence-corrected chi connectivity index (χ1v) is 4.25. The highest BCUT2D eigenvalue weighted by atomic mass is 28.1. The molecule has 0 saturated heterocycles. The Balaban J connectivity index is 3.01. The Morgan fingerprint density at radius 3 is 2.89 bits per heavy atom. The van der Waals surface area contributed by atoms with Crippen LogP contribution in [-0.4, -0.2) is 15.2 Å². The fourth-order valence-corrected chi connectivity index (χ4v) is 1.56. The van der Waals surface area contributed by atoms with Crippen molar-refractivity contribution in [1.29, 1.82) is 0 Å². The topological polar surface area (TPSA) is 12.9 Å². The molecule has 0 aliphatic carbocycles. The molecular formula is C7H11NSi. The first kappa shape index (κ1) is 6.49. The van der Waals surface area contributed by atoms with Gasteiger partial charge in [-0.3, -0.25) is 4.98 Å². The first-order chi connectivity index (χ1) is 4.34. The Morgan fingerprint density at radius 2 is 2.44 bits per heavy atom. The van der Waals surface area contributed by atoms with E-state index >= 15 is 0 Å². The minimum Gasteiger partial charge on any atom is -0.267 e. The Hall–Kier alpha value is -0.633. The van der Waals surface area contributed by atoms with E-state index in [1.54, 1.807) is 0 Å². The normalized spacial score (nSPS) is 9.89. The fraction of sp³-hybridized carbons (Fsp3) is 0.286. The molecular weight excluding hydrogens is 126 g/mol. The number of aryl methyl sites for hydroxylation is 1. The zero-order valence-corrected chi connectivity index (χ0v) is 7.89. The Kier molecular flexibility index (Phi) is 2.00. The first-order valence-electron chi connectivity index (χ1n) is 3.25. The Bertz CT molecular complexity index is 198. The van der Waals surface area contributed by atoms with Crippen LogP contribution in [0, 0.1) is 0 Å². The van der Waals surface area contributed by atoms with E-state index in [2.05, 4.69) is 18.0 Å². The number of nitrogens with zero attached hydrogens (tertiary/aromatic N) is 1. The molecule has 1 aromatic heterocycles. The van der Waals surface area contributed by atoms with Crippen molar-refractivity contribution in [2.24, 2.45) is 0 Å². The Morgan fingerprint density at radius 1 is 1.67 bits per heavy atom. The maximum atomic E-state index is 4.21. The number of aromatic nitrogens is 1. The smallest absolute Gasteiger partial charge is 0.0626 e. The summed E-state index contributed by atoms with van der Waals surface area (Å²) in [5, 5.41) is 1.29. The predicted octanol–water partition coefficient (Wildman–Crippen LogP) is -0.365. The predicted molar refractivity (Wildman–Crippen MR) is 43.2 cm³/mol. The van der Waals surface area contributed by atoms with Crippen LogP contribution in [0.15, 0.2) is 18.3 Å². The van der Waals surface area contributed by atoms with Crippen molar-refractivity contribution < 1.29 is 0 Å². The van der Waals surface area contributed by atoms with E-state index in [0.29, 0.717) is 0 Å². The molecule has 0 N–H and O–H groups in total. The molecule has 0 aromatic carbocycles. The molecule has 0 bridgehead atoms. The van der Waals surface area contributed by atoms with Gasteiger partial charge in [0, 0.05) is 11.5 Å². The van der Waals surface area contributed by atoms with Gasteiger partial charge >= 0.3 is 0 Å². The molecule has 2 heteroatoms. The van der Waals surface area contributed by atoms with Crippen molar-refractivity contribution in [3.63, 3.8) is 0 Å². The third-order valence-electron chi connectivity index (χ3n) is 1.50. The van der Waals surface area contributed by atoms with Gasteiger partial charge < -0.3 is 0 Å². The van der Waals surface area contributed by atoms with Gasteiger partial charge in [-0.15, -0.1) is 0 Å². The molecule has 0 fully saturated rings. The summed E-state index contributed by atoms with van der Waals surface area (Å²) in [5.74, 6) is 0. The lowest BCUT2D eigenvalue weighted by Gasteiger charge is -1.97. The molecule has 1 aromatic rings. The second kappa shape index (κ2) is 2.78. The van der Waals surface area contributed by atoms with Crippen molar-refractivity contribution in [2.45, 2.75) is 13.3 Å². The third-order valence-corrected chi connectivity index (χ3v) is 2.40. The lowest BCUT2D eigenvalue weighted by Crippen LogP contribution is -2.12. The average Bonchev–Trinajstić information content (AvgIpc) is 1.89. The van der Waals surface area contributed by atoms with Gasteiger partial charge in [-0.1, -0.05) is 13.0 Å². The summed E-state index contributed by atoms with van der Waals surface area (Å²) in [6.45, 7) is 2.17. The molecule has 0 spiro atoms. The summed E-state index contributed by atoms with van der Waals surface area (Å²) in [4.78, 5) is 4.21. The van der Waals surface area contributed by atoms with Gasteiger partial charge in [-0.2, -0.15) is 0 Å². The molecule has 0 unspecified atom stereocenters. The molecule has 0 atom stereocenters. The van der Waals surface area contributed by atoms with Crippen LogP contribution in [-0.2, 0) is 6.42 Å².